The summed E-state index contributed by atoms with van der Waals surface area (Å²) in [6.07, 6.45) is 4.87. The summed E-state index contributed by atoms with van der Waals surface area (Å²) in [4.78, 5) is 20.4. The van der Waals surface area contributed by atoms with E-state index in [9.17, 15) is 10.1 Å². The number of rotatable bonds is 4. The predicted octanol–water partition coefficient (Wildman–Crippen LogP) is 2.01. The van der Waals surface area contributed by atoms with Crippen LogP contribution in [-0.2, 0) is 13.6 Å². The molecule has 0 aliphatic carbocycles. The molecule has 0 atom stereocenters. The largest absolute Gasteiger partial charge is 0.346 e. The fourth-order valence-corrected chi connectivity index (χ4v) is 1.84. The number of nitrogens with zero attached hydrogens (tertiary/aromatic N) is 5. The number of aryl methyl sites for hydroxylation is 1. The highest BCUT2D eigenvalue weighted by molar-refractivity contribution is 6.30. The number of halogens is 1. The summed E-state index contributed by atoms with van der Waals surface area (Å²) in [6.45, 7) is 0.416. The molecule has 2 heterocycles. The van der Waals surface area contributed by atoms with Crippen LogP contribution >= 0.6 is 11.6 Å². The van der Waals surface area contributed by atoms with Gasteiger partial charge in [0.25, 0.3) is 0 Å². The van der Waals surface area contributed by atoms with Crippen molar-refractivity contribution in [1.29, 1.82) is 0 Å². The zero-order valence-corrected chi connectivity index (χ0v) is 11.2. The maximum absolute atomic E-state index is 11.0. The van der Waals surface area contributed by atoms with Crippen LogP contribution in [0.3, 0.4) is 0 Å². The highest BCUT2D eigenvalue weighted by Crippen LogP contribution is 2.28. The maximum atomic E-state index is 11.0. The lowest BCUT2D eigenvalue weighted by Crippen LogP contribution is -2.21. The summed E-state index contributed by atoms with van der Waals surface area (Å²) < 4.78 is 1.85. The third-order valence-electron chi connectivity index (χ3n) is 2.67. The van der Waals surface area contributed by atoms with Crippen LogP contribution in [0.2, 0.25) is 5.02 Å². The normalized spacial score (nSPS) is 10.5. The number of hydrogen-bond donors (Lipinski definition) is 0. The van der Waals surface area contributed by atoms with E-state index in [-0.39, 0.29) is 16.5 Å². The molecule has 0 aliphatic heterocycles. The number of nitro groups is 1. The van der Waals surface area contributed by atoms with Crippen molar-refractivity contribution in [2.75, 3.05) is 11.9 Å². The third kappa shape index (κ3) is 2.82. The molecule has 0 bridgehead atoms. The van der Waals surface area contributed by atoms with E-state index in [0.29, 0.717) is 6.54 Å². The van der Waals surface area contributed by atoms with Gasteiger partial charge < -0.3 is 9.47 Å². The average molecular weight is 282 g/mol. The van der Waals surface area contributed by atoms with Gasteiger partial charge in [-0.15, -0.1) is 0 Å². The molecule has 19 heavy (non-hydrogen) atoms. The first kappa shape index (κ1) is 13.3. The van der Waals surface area contributed by atoms with Crippen molar-refractivity contribution >= 4 is 23.1 Å². The van der Waals surface area contributed by atoms with E-state index < -0.39 is 4.92 Å². The summed E-state index contributed by atoms with van der Waals surface area (Å²) in [5, 5.41) is 11.2. The van der Waals surface area contributed by atoms with Crippen molar-refractivity contribution in [2.45, 2.75) is 6.54 Å². The Morgan fingerprint density at radius 2 is 2.26 bits per heavy atom. The monoisotopic (exact) mass is 281 g/mol. The summed E-state index contributed by atoms with van der Waals surface area (Å²) in [5.74, 6) is 1.05. The van der Waals surface area contributed by atoms with E-state index in [1.54, 1.807) is 18.1 Å². The van der Waals surface area contributed by atoms with Crippen LogP contribution in [-0.4, -0.2) is 26.5 Å². The van der Waals surface area contributed by atoms with Crippen LogP contribution in [0.25, 0.3) is 0 Å². The first-order valence-electron chi connectivity index (χ1n) is 5.46. The zero-order chi connectivity index (χ0) is 14.0. The van der Waals surface area contributed by atoms with E-state index in [1.165, 1.54) is 12.3 Å². The second-order valence-electron chi connectivity index (χ2n) is 4.06. The van der Waals surface area contributed by atoms with Crippen LogP contribution in [0.15, 0.2) is 24.7 Å². The molecule has 2 aromatic rings. The minimum atomic E-state index is -0.497. The fourth-order valence-electron chi connectivity index (χ4n) is 1.69. The van der Waals surface area contributed by atoms with Gasteiger partial charge in [0.1, 0.15) is 5.82 Å². The summed E-state index contributed by atoms with van der Waals surface area (Å²) in [7, 11) is 3.58. The predicted molar refractivity (Wildman–Crippen MR) is 71.2 cm³/mol. The fraction of sp³-hybridized carbons (Fsp3) is 0.273. The molecule has 7 nitrogen and oxygen atoms in total. The number of pyridine rings is 1. The molecule has 0 amide bonds. The molecule has 100 valence electrons. The van der Waals surface area contributed by atoms with Gasteiger partial charge in [-0.1, -0.05) is 11.6 Å². The SMILES string of the molecule is CN(Cc1nccn1C)c1ncc(Cl)cc1[N+](=O)[O-]. The van der Waals surface area contributed by atoms with Crippen molar-refractivity contribution in [3.05, 3.63) is 45.6 Å². The van der Waals surface area contributed by atoms with Crippen molar-refractivity contribution in [3.8, 4) is 0 Å². The average Bonchev–Trinajstić information content (AvgIpc) is 2.74. The number of imidazole rings is 1. The van der Waals surface area contributed by atoms with Gasteiger partial charge in [0, 0.05) is 38.8 Å². The number of hydrogen-bond acceptors (Lipinski definition) is 5. The Morgan fingerprint density at radius 1 is 1.53 bits per heavy atom. The number of aromatic nitrogens is 3. The van der Waals surface area contributed by atoms with Crippen LogP contribution in [0, 0.1) is 10.1 Å². The molecule has 0 saturated heterocycles. The van der Waals surface area contributed by atoms with Gasteiger partial charge in [0.2, 0.25) is 5.82 Å². The molecular weight excluding hydrogens is 270 g/mol. The van der Waals surface area contributed by atoms with Crippen molar-refractivity contribution in [3.63, 3.8) is 0 Å². The Bertz CT molecular complexity index is 613. The van der Waals surface area contributed by atoms with E-state index in [2.05, 4.69) is 9.97 Å². The molecule has 2 rings (SSSR count). The molecule has 0 fully saturated rings. The Balaban J connectivity index is 2.31. The van der Waals surface area contributed by atoms with Crippen LogP contribution in [0.1, 0.15) is 5.82 Å². The van der Waals surface area contributed by atoms with E-state index >= 15 is 0 Å². The second kappa shape index (κ2) is 5.23. The standard InChI is InChI=1S/C11H12ClN5O2/c1-15-4-3-13-10(15)7-16(2)11-9(17(18)19)5-8(12)6-14-11/h3-6H,7H2,1-2H3. The van der Waals surface area contributed by atoms with E-state index in [4.69, 9.17) is 11.6 Å². The summed E-state index contributed by atoms with van der Waals surface area (Å²) >= 11 is 5.73. The van der Waals surface area contributed by atoms with Crippen molar-refractivity contribution < 1.29 is 4.92 Å². The molecule has 0 saturated carbocycles. The van der Waals surface area contributed by atoms with E-state index in [0.717, 1.165) is 5.82 Å². The van der Waals surface area contributed by atoms with E-state index in [1.807, 2.05) is 17.8 Å². The molecule has 0 radical (unpaired) electrons. The molecule has 0 unspecified atom stereocenters. The first-order valence-corrected chi connectivity index (χ1v) is 5.84. The van der Waals surface area contributed by atoms with Gasteiger partial charge in [-0.25, -0.2) is 9.97 Å². The molecular formula is C11H12ClN5O2. The van der Waals surface area contributed by atoms with Gasteiger partial charge in [0.15, 0.2) is 0 Å². The second-order valence-corrected chi connectivity index (χ2v) is 4.50. The quantitative estimate of drug-likeness (QED) is 0.633. The minimum Gasteiger partial charge on any atom is -0.346 e. The minimum absolute atomic E-state index is 0.121. The van der Waals surface area contributed by atoms with Crippen molar-refractivity contribution in [1.82, 2.24) is 14.5 Å². The maximum Gasteiger partial charge on any atom is 0.313 e. The highest BCUT2D eigenvalue weighted by Gasteiger charge is 2.20. The van der Waals surface area contributed by atoms with Crippen LogP contribution in [0.5, 0.6) is 0 Å². The lowest BCUT2D eigenvalue weighted by atomic mass is 10.3. The zero-order valence-electron chi connectivity index (χ0n) is 10.4. The lowest BCUT2D eigenvalue weighted by Gasteiger charge is -2.17. The van der Waals surface area contributed by atoms with Crippen LogP contribution in [0.4, 0.5) is 11.5 Å². The summed E-state index contributed by atoms with van der Waals surface area (Å²) in [6, 6.07) is 1.29. The van der Waals surface area contributed by atoms with Gasteiger partial charge >= 0.3 is 5.69 Å². The van der Waals surface area contributed by atoms with Gasteiger partial charge in [-0.3, -0.25) is 10.1 Å². The highest BCUT2D eigenvalue weighted by atomic mass is 35.5. The Hall–Kier alpha value is -2.15. The van der Waals surface area contributed by atoms with Gasteiger partial charge in [-0.2, -0.15) is 0 Å². The Morgan fingerprint density at radius 3 is 2.84 bits per heavy atom. The molecule has 0 spiro atoms. The third-order valence-corrected chi connectivity index (χ3v) is 2.88. The first-order chi connectivity index (χ1) is 8.99. The molecule has 8 heteroatoms. The summed E-state index contributed by atoms with van der Waals surface area (Å²) in [5.41, 5.74) is -0.121. The van der Waals surface area contributed by atoms with Gasteiger partial charge in [0.05, 0.1) is 16.5 Å². The van der Waals surface area contributed by atoms with Crippen LogP contribution < -0.4 is 4.90 Å². The Labute approximate surface area is 114 Å². The van der Waals surface area contributed by atoms with Gasteiger partial charge in [-0.05, 0) is 0 Å². The molecule has 0 N–H and O–H groups in total. The lowest BCUT2D eigenvalue weighted by molar-refractivity contribution is -0.384. The number of anilines is 1. The van der Waals surface area contributed by atoms with Crippen molar-refractivity contribution in [2.24, 2.45) is 7.05 Å². The smallest absolute Gasteiger partial charge is 0.313 e. The molecule has 2 aromatic heterocycles. The molecule has 0 aromatic carbocycles. The Kier molecular flexibility index (Phi) is 3.66. The topological polar surface area (TPSA) is 77.1 Å². The molecule has 0 aliphatic rings.